The summed E-state index contributed by atoms with van der Waals surface area (Å²) in [5, 5.41) is 3.47. The van der Waals surface area contributed by atoms with Gasteiger partial charge >= 0.3 is 0 Å². The second kappa shape index (κ2) is 5.72. The van der Waals surface area contributed by atoms with Gasteiger partial charge in [0.05, 0.1) is 0 Å². The molecule has 0 aliphatic heterocycles. The first kappa shape index (κ1) is 14.0. The Labute approximate surface area is 115 Å². The summed E-state index contributed by atoms with van der Waals surface area (Å²) in [4.78, 5) is 14.3. The first-order chi connectivity index (χ1) is 9.08. The number of hydrogen-bond acceptors (Lipinski definition) is 3. The molecule has 19 heavy (non-hydrogen) atoms. The predicted molar refractivity (Wildman–Crippen MR) is 76.6 cm³/mol. The van der Waals surface area contributed by atoms with E-state index in [1.807, 2.05) is 37.4 Å². The highest BCUT2D eigenvalue weighted by Crippen LogP contribution is 2.29. The van der Waals surface area contributed by atoms with Crippen molar-refractivity contribution in [2.45, 2.75) is 31.3 Å². The minimum atomic E-state index is -0.785. The lowest BCUT2D eigenvalue weighted by Gasteiger charge is -2.36. The summed E-state index contributed by atoms with van der Waals surface area (Å²) in [5.41, 5.74) is 5.92. The number of nitrogens with zero attached hydrogens (tertiary/aromatic N) is 1. The summed E-state index contributed by atoms with van der Waals surface area (Å²) in [6.07, 6.45) is 2.25. The van der Waals surface area contributed by atoms with Gasteiger partial charge in [-0.3, -0.25) is 10.1 Å². The van der Waals surface area contributed by atoms with E-state index in [0.717, 1.165) is 24.9 Å². The van der Waals surface area contributed by atoms with Crippen LogP contribution in [0.2, 0.25) is 0 Å². The molecule has 1 amide bonds. The van der Waals surface area contributed by atoms with Crippen LogP contribution in [-0.4, -0.2) is 37.0 Å². The molecular weight excluding hydrogens is 238 g/mol. The quantitative estimate of drug-likeness (QED) is 0.772. The molecule has 4 nitrogen and oxygen atoms in total. The van der Waals surface area contributed by atoms with Crippen LogP contribution in [0.1, 0.15) is 25.3 Å². The minimum Gasteiger partial charge on any atom is -0.368 e. The van der Waals surface area contributed by atoms with E-state index in [2.05, 4.69) is 17.1 Å². The van der Waals surface area contributed by atoms with E-state index in [-0.39, 0.29) is 5.91 Å². The summed E-state index contributed by atoms with van der Waals surface area (Å²) in [5.74, 6) is -0.300. The lowest BCUT2D eigenvalue weighted by molar-refractivity contribution is -0.125. The normalized spacial score (nSPS) is 18.3. The molecule has 1 saturated carbocycles. The highest BCUT2D eigenvalue weighted by molar-refractivity contribution is 5.86. The Morgan fingerprint density at radius 2 is 2.05 bits per heavy atom. The van der Waals surface area contributed by atoms with Crippen molar-refractivity contribution in [1.29, 1.82) is 0 Å². The van der Waals surface area contributed by atoms with Crippen LogP contribution >= 0.6 is 0 Å². The molecular formula is C15H23N3O. The van der Waals surface area contributed by atoms with Crippen LogP contribution < -0.4 is 11.1 Å². The number of hydrogen-bond donors (Lipinski definition) is 2. The van der Waals surface area contributed by atoms with Gasteiger partial charge in [-0.1, -0.05) is 37.3 Å². The van der Waals surface area contributed by atoms with E-state index in [4.69, 9.17) is 5.73 Å². The maximum Gasteiger partial charge on any atom is 0.243 e. The topological polar surface area (TPSA) is 58.4 Å². The molecule has 0 aromatic heterocycles. The fourth-order valence-electron chi connectivity index (χ4n) is 2.33. The fourth-order valence-corrected chi connectivity index (χ4v) is 2.33. The van der Waals surface area contributed by atoms with E-state index in [1.54, 1.807) is 0 Å². The number of nitrogens with two attached hydrogens (primary N) is 1. The molecule has 0 radical (unpaired) electrons. The van der Waals surface area contributed by atoms with Crippen molar-refractivity contribution in [3.05, 3.63) is 35.9 Å². The van der Waals surface area contributed by atoms with Crippen LogP contribution in [0.5, 0.6) is 0 Å². The smallest absolute Gasteiger partial charge is 0.243 e. The van der Waals surface area contributed by atoms with Gasteiger partial charge in [0.1, 0.15) is 5.54 Å². The van der Waals surface area contributed by atoms with E-state index < -0.39 is 5.54 Å². The molecule has 1 aromatic carbocycles. The number of nitrogens with one attached hydrogen (secondary N) is 1. The summed E-state index contributed by atoms with van der Waals surface area (Å²) in [6, 6.07) is 10.2. The van der Waals surface area contributed by atoms with Crippen LogP contribution in [0.4, 0.5) is 0 Å². The molecule has 1 atom stereocenters. The van der Waals surface area contributed by atoms with Gasteiger partial charge in [0, 0.05) is 12.6 Å². The highest BCUT2D eigenvalue weighted by Gasteiger charge is 2.43. The second-order valence-electron chi connectivity index (χ2n) is 5.38. The molecule has 0 saturated heterocycles. The lowest BCUT2D eigenvalue weighted by Crippen LogP contribution is -2.59. The zero-order valence-corrected chi connectivity index (χ0v) is 11.7. The van der Waals surface area contributed by atoms with Gasteiger partial charge in [0.2, 0.25) is 5.91 Å². The number of likely N-dealkylation sites (N-methyl/N-ethyl adjacent to an activating group) is 1. The lowest BCUT2D eigenvalue weighted by atomic mass is 9.88. The van der Waals surface area contributed by atoms with E-state index in [0.29, 0.717) is 12.6 Å². The van der Waals surface area contributed by atoms with Crippen LogP contribution in [0.15, 0.2) is 30.3 Å². The van der Waals surface area contributed by atoms with E-state index in [1.165, 1.54) is 0 Å². The van der Waals surface area contributed by atoms with Crippen molar-refractivity contribution < 1.29 is 4.79 Å². The maximum absolute atomic E-state index is 12.2. The van der Waals surface area contributed by atoms with Crippen molar-refractivity contribution in [2.24, 2.45) is 5.73 Å². The molecule has 4 heteroatoms. The highest BCUT2D eigenvalue weighted by atomic mass is 16.1. The maximum atomic E-state index is 12.2. The number of benzene rings is 1. The van der Waals surface area contributed by atoms with Crippen molar-refractivity contribution in [3.8, 4) is 0 Å². The molecule has 1 unspecified atom stereocenters. The van der Waals surface area contributed by atoms with Crippen LogP contribution in [0, 0.1) is 0 Å². The Hall–Kier alpha value is -1.39. The molecule has 1 aliphatic rings. The van der Waals surface area contributed by atoms with Gasteiger partial charge in [-0.2, -0.15) is 0 Å². The third kappa shape index (κ3) is 3.14. The average Bonchev–Trinajstić information content (AvgIpc) is 3.22. The van der Waals surface area contributed by atoms with Gasteiger partial charge in [-0.15, -0.1) is 0 Å². The van der Waals surface area contributed by atoms with E-state index in [9.17, 15) is 4.79 Å². The SMILES string of the molecule is CCN(C)CC(NC1CC1)(C(N)=O)c1ccccc1. The molecule has 3 N–H and O–H groups in total. The number of rotatable bonds is 7. The van der Waals surface area contributed by atoms with Gasteiger partial charge in [0.15, 0.2) is 0 Å². The summed E-state index contributed by atoms with van der Waals surface area (Å²) < 4.78 is 0. The van der Waals surface area contributed by atoms with Crippen LogP contribution in [0.3, 0.4) is 0 Å². The summed E-state index contributed by atoms with van der Waals surface area (Å²) in [7, 11) is 2.01. The fraction of sp³-hybridized carbons (Fsp3) is 0.533. The van der Waals surface area contributed by atoms with Gasteiger partial charge < -0.3 is 10.6 Å². The van der Waals surface area contributed by atoms with Crippen molar-refractivity contribution in [1.82, 2.24) is 10.2 Å². The van der Waals surface area contributed by atoms with Crippen molar-refractivity contribution >= 4 is 5.91 Å². The zero-order valence-electron chi connectivity index (χ0n) is 11.7. The summed E-state index contributed by atoms with van der Waals surface area (Å²) >= 11 is 0. The van der Waals surface area contributed by atoms with Crippen LogP contribution in [0.25, 0.3) is 0 Å². The summed E-state index contributed by atoms with van der Waals surface area (Å²) in [6.45, 7) is 3.56. The molecule has 0 spiro atoms. The monoisotopic (exact) mass is 261 g/mol. The molecule has 0 heterocycles. The number of primary amides is 1. The molecule has 0 bridgehead atoms. The molecule has 1 aliphatic carbocycles. The van der Waals surface area contributed by atoms with E-state index >= 15 is 0 Å². The van der Waals surface area contributed by atoms with Gasteiger partial charge in [-0.25, -0.2) is 0 Å². The number of carbonyl (C=O) groups is 1. The molecule has 1 aromatic rings. The number of amides is 1. The zero-order chi connectivity index (χ0) is 13.9. The first-order valence-electron chi connectivity index (χ1n) is 6.90. The average molecular weight is 261 g/mol. The third-order valence-electron chi connectivity index (χ3n) is 3.76. The Balaban J connectivity index is 2.35. The second-order valence-corrected chi connectivity index (χ2v) is 5.38. The van der Waals surface area contributed by atoms with Gasteiger partial charge in [0.25, 0.3) is 0 Å². The Kier molecular flexibility index (Phi) is 4.22. The molecule has 2 rings (SSSR count). The minimum absolute atomic E-state index is 0.300. The van der Waals surface area contributed by atoms with Crippen LogP contribution in [-0.2, 0) is 10.3 Å². The largest absolute Gasteiger partial charge is 0.368 e. The molecule has 1 fully saturated rings. The third-order valence-corrected chi connectivity index (χ3v) is 3.76. The predicted octanol–water partition coefficient (Wildman–Crippen LogP) is 1.07. The van der Waals surface area contributed by atoms with Crippen molar-refractivity contribution in [2.75, 3.05) is 20.1 Å². The first-order valence-corrected chi connectivity index (χ1v) is 6.90. The Bertz CT molecular complexity index is 430. The number of carbonyl (C=O) groups excluding carboxylic acids is 1. The van der Waals surface area contributed by atoms with Gasteiger partial charge in [-0.05, 0) is 32.0 Å². The van der Waals surface area contributed by atoms with Crippen molar-refractivity contribution in [3.63, 3.8) is 0 Å². The Morgan fingerprint density at radius 3 is 2.53 bits per heavy atom. The molecule has 104 valence electrons. The Morgan fingerprint density at radius 1 is 1.42 bits per heavy atom. The standard InChI is InChI=1S/C15H23N3O/c1-3-18(2)11-15(14(16)19,17-13-9-10-13)12-7-5-4-6-8-12/h4-8,13,17H,3,9-11H2,1-2H3,(H2,16,19).